The van der Waals surface area contributed by atoms with E-state index in [4.69, 9.17) is 0 Å². The number of rotatable bonds is 4. The lowest BCUT2D eigenvalue weighted by molar-refractivity contribution is 0.100. The molecule has 0 amide bonds. The number of carbonyl (C=O) groups is 1. The van der Waals surface area contributed by atoms with Crippen molar-refractivity contribution in [2.24, 2.45) is 0 Å². The van der Waals surface area contributed by atoms with E-state index in [0.717, 1.165) is 11.4 Å². The van der Waals surface area contributed by atoms with Crippen LogP contribution in [0.2, 0.25) is 0 Å². The second-order valence-corrected chi connectivity index (χ2v) is 4.66. The van der Waals surface area contributed by atoms with Crippen LogP contribution in [0.5, 0.6) is 0 Å². The lowest BCUT2D eigenvalue weighted by Gasteiger charge is -2.04. The molecule has 0 radical (unpaired) electrons. The fraction of sp³-hybridized carbons (Fsp3) is 0.125. The van der Waals surface area contributed by atoms with E-state index < -0.39 is 0 Å². The average Bonchev–Trinajstić information content (AvgIpc) is 3.09. The number of benzene rings is 1. The molecule has 0 atom stereocenters. The van der Waals surface area contributed by atoms with E-state index in [0.29, 0.717) is 12.2 Å². The standard InChI is InChI=1S/C16H15N3O/c1-13(20)16-8-5-10-18(16)12-14-9-11-19(17-14)15-6-3-2-4-7-15/h2-11H,12H2,1H3. The molecule has 0 aliphatic rings. The number of ketones is 1. The normalized spacial score (nSPS) is 10.7. The Morgan fingerprint density at radius 2 is 1.85 bits per heavy atom. The molecular weight excluding hydrogens is 250 g/mol. The summed E-state index contributed by atoms with van der Waals surface area (Å²) in [5.41, 5.74) is 2.66. The van der Waals surface area contributed by atoms with Gasteiger partial charge in [0.15, 0.2) is 5.78 Å². The summed E-state index contributed by atoms with van der Waals surface area (Å²) in [5, 5.41) is 4.54. The predicted molar refractivity (Wildman–Crippen MR) is 77.1 cm³/mol. The first-order valence-corrected chi connectivity index (χ1v) is 6.50. The third-order valence-corrected chi connectivity index (χ3v) is 3.19. The molecule has 3 rings (SSSR count). The zero-order valence-corrected chi connectivity index (χ0v) is 11.2. The third-order valence-electron chi connectivity index (χ3n) is 3.19. The molecule has 0 aliphatic carbocycles. The highest BCUT2D eigenvalue weighted by Gasteiger charge is 2.08. The molecule has 0 saturated heterocycles. The van der Waals surface area contributed by atoms with Crippen molar-refractivity contribution >= 4 is 5.78 Å². The minimum Gasteiger partial charge on any atom is -0.339 e. The van der Waals surface area contributed by atoms with E-state index in [9.17, 15) is 4.79 Å². The first-order chi connectivity index (χ1) is 9.74. The number of para-hydroxylation sites is 1. The monoisotopic (exact) mass is 265 g/mol. The van der Waals surface area contributed by atoms with Crippen LogP contribution in [0.25, 0.3) is 5.69 Å². The van der Waals surface area contributed by atoms with Crippen molar-refractivity contribution in [3.63, 3.8) is 0 Å². The van der Waals surface area contributed by atoms with Gasteiger partial charge in [-0.2, -0.15) is 5.10 Å². The van der Waals surface area contributed by atoms with Crippen LogP contribution in [0.1, 0.15) is 23.1 Å². The molecule has 4 heteroatoms. The average molecular weight is 265 g/mol. The van der Waals surface area contributed by atoms with Gasteiger partial charge >= 0.3 is 0 Å². The van der Waals surface area contributed by atoms with Gasteiger partial charge in [0.25, 0.3) is 0 Å². The minimum absolute atomic E-state index is 0.0671. The van der Waals surface area contributed by atoms with Gasteiger partial charge in [0.1, 0.15) is 0 Å². The van der Waals surface area contributed by atoms with Gasteiger partial charge in [-0.15, -0.1) is 0 Å². The fourth-order valence-corrected chi connectivity index (χ4v) is 2.22. The lowest BCUT2D eigenvalue weighted by atomic mass is 10.3. The van der Waals surface area contributed by atoms with E-state index >= 15 is 0 Å². The molecule has 0 spiro atoms. The Morgan fingerprint density at radius 3 is 2.60 bits per heavy atom. The van der Waals surface area contributed by atoms with Crippen LogP contribution in [-0.2, 0) is 6.54 Å². The Kier molecular flexibility index (Phi) is 3.21. The highest BCUT2D eigenvalue weighted by atomic mass is 16.1. The van der Waals surface area contributed by atoms with Crippen molar-refractivity contribution in [1.29, 1.82) is 0 Å². The molecular formula is C16H15N3O. The Balaban J connectivity index is 1.84. The van der Waals surface area contributed by atoms with Gasteiger partial charge in [-0.3, -0.25) is 4.79 Å². The summed E-state index contributed by atoms with van der Waals surface area (Å²) in [4.78, 5) is 11.5. The second kappa shape index (κ2) is 5.17. The molecule has 20 heavy (non-hydrogen) atoms. The largest absolute Gasteiger partial charge is 0.339 e. The number of Topliss-reactive ketones (excluding diaryl/α,β-unsaturated/α-hetero) is 1. The fourth-order valence-electron chi connectivity index (χ4n) is 2.22. The van der Waals surface area contributed by atoms with Gasteiger partial charge in [-0.05, 0) is 30.3 Å². The molecule has 0 N–H and O–H groups in total. The summed E-state index contributed by atoms with van der Waals surface area (Å²) in [6.07, 6.45) is 3.83. The molecule has 0 unspecified atom stereocenters. The molecule has 0 aliphatic heterocycles. The number of aromatic nitrogens is 3. The van der Waals surface area contributed by atoms with Crippen LogP contribution in [-0.4, -0.2) is 20.1 Å². The van der Waals surface area contributed by atoms with Crippen LogP contribution < -0.4 is 0 Å². The Hall–Kier alpha value is -2.62. The minimum atomic E-state index is 0.0671. The van der Waals surface area contributed by atoms with Crippen molar-refractivity contribution in [3.05, 3.63) is 72.3 Å². The molecule has 0 saturated carbocycles. The number of hydrogen-bond donors (Lipinski definition) is 0. The van der Waals surface area contributed by atoms with Crippen LogP contribution in [0.15, 0.2) is 60.9 Å². The highest BCUT2D eigenvalue weighted by molar-refractivity contribution is 5.92. The summed E-state index contributed by atoms with van der Waals surface area (Å²) < 4.78 is 3.76. The molecule has 2 heterocycles. The molecule has 2 aromatic heterocycles. The summed E-state index contributed by atoms with van der Waals surface area (Å²) in [6.45, 7) is 2.18. The van der Waals surface area contributed by atoms with Gasteiger partial charge in [-0.25, -0.2) is 4.68 Å². The Labute approximate surface area is 117 Å². The van der Waals surface area contributed by atoms with Crippen molar-refractivity contribution in [1.82, 2.24) is 14.3 Å². The topological polar surface area (TPSA) is 39.8 Å². The Bertz CT molecular complexity index is 725. The maximum Gasteiger partial charge on any atom is 0.176 e. The maximum absolute atomic E-state index is 11.5. The zero-order chi connectivity index (χ0) is 13.9. The first kappa shape index (κ1) is 12.4. The molecule has 0 fully saturated rings. The van der Waals surface area contributed by atoms with Crippen molar-refractivity contribution in [2.75, 3.05) is 0 Å². The number of nitrogens with zero attached hydrogens (tertiary/aromatic N) is 3. The van der Waals surface area contributed by atoms with E-state index in [1.165, 1.54) is 0 Å². The predicted octanol–water partition coefficient (Wildman–Crippen LogP) is 2.92. The van der Waals surface area contributed by atoms with Crippen LogP contribution in [0, 0.1) is 0 Å². The number of carbonyl (C=O) groups excluding carboxylic acids is 1. The summed E-state index contributed by atoms with van der Waals surface area (Å²) >= 11 is 0. The van der Waals surface area contributed by atoms with Crippen molar-refractivity contribution < 1.29 is 4.79 Å². The third kappa shape index (κ3) is 2.40. The summed E-state index contributed by atoms with van der Waals surface area (Å²) in [7, 11) is 0. The molecule has 100 valence electrons. The van der Waals surface area contributed by atoms with Crippen molar-refractivity contribution in [2.45, 2.75) is 13.5 Å². The second-order valence-electron chi connectivity index (χ2n) is 4.66. The van der Waals surface area contributed by atoms with E-state index in [1.807, 2.05) is 70.2 Å². The Morgan fingerprint density at radius 1 is 1.05 bits per heavy atom. The summed E-state index contributed by atoms with van der Waals surface area (Å²) in [5.74, 6) is 0.0671. The first-order valence-electron chi connectivity index (χ1n) is 6.50. The SMILES string of the molecule is CC(=O)c1cccn1Cc1ccn(-c2ccccc2)n1. The smallest absolute Gasteiger partial charge is 0.176 e. The highest BCUT2D eigenvalue weighted by Crippen LogP contribution is 2.10. The van der Waals surface area contributed by atoms with Gasteiger partial charge in [0.05, 0.1) is 23.6 Å². The van der Waals surface area contributed by atoms with Crippen molar-refractivity contribution in [3.8, 4) is 5.69 Å². The van der Waals surface area contributed by atoms with Crippen LogP contribution >= 0.6 is 0 Å². The van der Waals surface area contributed by atoms with Crippen LogP contribution in [0.4, 0.5) is 0 Å². The molecule has 0 bridgehead atoms. The molecule has 3 aromatic rings. The maximum atomic E-state index is 11.5. The van der Waals surface area contributed by atoms with E-state index in [1.54, 1.807) is 6.92 Å². The van der Waals surface area contributed by atoms with E-state index in [-0.39, 0.29) is 5.78 Å². The molecule has 4 nitrogen and oxygen atoms in total. The van der Waals surface area contributed by atoms with Gasteiger partial charge in [0, 0.05) is 19.3 Å². The van der Waals surface area contributed by atoms with E-state index in [2.05, 4.69) is 5.10 Å². The van der Waals surface area contributed by atoms with Gasteiger partial charge in [0.2, 0.25) is 0 Å². The van der Waals surface area contributed by atoms with Crippen LogP contribution in [0.3, 0.4) is 0 Å². The lowest BCUT2D eigenvalue weighted by Crippen LogP contribution is -2.07. The molecule has 1 aromatic carbocycles. The summed E-state index contributed by atoms with van der Waals surface area (Å²) in [6, 6.07) is 15.6. The quantitative estimate of drug-likeness (QED) is 0.680. The van der Waals surface area contributed by atoms with Gasteiger partial charge in [-0.1, -0.05) is 18.2 Å². The number of hydrogen-bond acceptors (Lipinski definition) is 2. The van der Waals surface area contributed by atoms with Gasteiger partial charge < -0.3 is 4.57 Å². The zero-order valence-electron chi connectivity index (χ0n) is 11.2.